The molecule has 2 N–H and O–H groups in total. The molecule has 0 radical (unpaired) electrons. The Morgan fingerprint density at radius 2 is 2.26 bits per heavy atom. The monoisotopic (exact) mass is 269 g/mol. The maximum absolute atomic E-state index is 13.0. The van der Waals surface area contributed by atoms with E-state index in [9.17, 15) is 13.6 Å². The van der Waals surface area contributed by atoms with Crippen molar-refractivity contribution in [3.8, 4) is 0 Å². The zero-order valence-electron chi connectivity index (χ0n) is 10.7. The molecule has 1 aromatic rings. The maximum Gasteiger partial charge on any atom is 0.238 e. The lowest BCUT2D eigenvalue weighted by Crippen LogP contribution is -2.51. The summed E-state index contributed by atoms with van der Waals surface area (Å²) in [7, 11) is 0. The molecule has 104 valence electrons. The first-order valence-electron chi connectivity index (χ1n) is 6.25. The molecule has 0 saturated carbocycles. The Kier molecular flexibility index (Phi) is 4.44. The van der Waals surface area contributed by atoms with Gasteiger partial charge >= 0.3 is 0 Å². The van der Waals surface area contributed by atoms with Crippen molar-refractivity contribution in [3.05, 3.63) is 29.8 Å². The highest BCUT2D eigenvalue weighted by atomic mass is 19.2. The third kappa shape index (κ3) is 3.97. The normalized spacial score (nSPS) is 20.3. The number of carbonyl (C=O) groups is 1. The smallest absolute Gasteiger partial charge is 0.238 e. The predicted octanol–water partition coefficient (Wildman–Crippen LogP) is 1.20. The van der Waals surface area contributed by atoms with Crippen LogP contribution in [0.3, 0.4) is 0 Å². The van der Waals surface area contributed by atoms with Crippen LogP contribution in [-0.4, -0.2) is 43.0 Å². The van der Waals surface area contributed by atoms with E-state index < -0.39 is 11.6 Å². The predicted molar refractivity (Wildman–Crippen MR) is 68.9 cm³/mol. The van der Waals surface area contributed by atoms with Crippen LogP contribution in [0.1, 0.15) is 6.92 Å². The zero-order chi connectivity index (χ0) is 13.8. The molecular formula is C13H17F2N3O. The Labute approximate surface area is 110 Å². The van der Waals surface area contributed by atoms with E-state index in [1.165, 1.54) is 6.07 Å². The Balaban J connectivity index is 1.88. The van der Waals surface area contributed by atoms with Crippen LogP contribution in [0.5, 0.6) is 0 Å². The van der Waals surface area contributed by atoms with Crippen molar-refractivity contribution in [1.29, 1.82) is 0 Å². The summed E-state index contributed by atoms with van der Waals surface area (Å²) in [5.74, 6) is -2.11. The molecule has 6 heteroatoms. The van der Waals surface area contributed by atoms with Gasteiger partial charge in [0.1, 0.15) is 0 Å². The Bertz CT molecular complexity index is 467. The molecule has 1 aliphatic rings. The highest BCUT2D eigenvalue weighted by Crippen LogP contribution is 2.13. The van der Waals surface area contributed by atoms with Gasteiger partial charge in [0, 0.05) is 37.4 Å². The molecule has 1 atom stereocenters. The Hall–Kier alpha value is -1.53. The first-order valence-corrected chi connectivity index (χ1v) is 6.25. The SMILES string of the molecule is C[C@H]1CN(CC(=O)Nc2ccc(F)c(F)c2)CCN1. The third-order valence-corrected chi connectivity index (χ3v) is 3.02. The fourth-order valence-corrected chi connectivity index (χ4v) is 2.13. The summed E-state index contributed by atoms with van der Waals surface area (Å²) in [5.41, 5.74) is 0.270. The number of nitrogens with one attached hydrogen (secondary N) is 2. The standard InChI is InChI=1S/C13H17F2N3O/c1-9-7-18(5-4-16-9)8-13(19)17-10-2-3-11(14)12(15)6-10/h2-3,6,9,16H,4-5,7-8H2,1H3,(H,17,19)/t9-/m0/s1. The van der Waals surface area contributed by atoms with E-state index in [0.717, 1.165) is 31.8 Å². The summed E-state index contributed by atoms with van der Waals surface area (Å²) in [6.07, 6.45) is 0. The van der Waals surface area contributed by atoms with Gasteiger partial charge in [-0.05, 0) is 19.1 Å². The highest BCUT2D eigenvalue weighted by Gasteiger charge is 2.18. The Morgan fingerprint density at radius 1 is 1.47 bits per heavy atom. The van der Waals surface area contributed by atoms with Gasteiger partial charge in [0.05, 0.1) is 6.54 Å². The van der Waals surface area contributed by atoms with E-state index in [4.69, 9.17) is 0 Å². The van der Waals surface area contributed by atoms with Crippen LogP contribution in [0.25, 0.3) is 0 Å². The third-order valence-electron chi connectivity index (χ3n) is 3.02. The molecule has 0 bridgehead atoms. The Morgan fingerprint density at radius 3 is 2.95 bits per heavy atom. The molecule has 1 aliphatic heterocycles. The summed E-state index contributed by atoms with van der Waals surface area (Å²) in [5, 5.41) is 5.85. The number of rotatable bonds is 3. The lowest BCUT2D eigenvalue weighted by atomic mass is 10.2. The zero-order valence-corrected chi connectivity index (χ0v) is 10.7. The lowest BCUT2D eigenvalue weighted by Gasteiger charge is -2.31. The van der Waals surface area contributed by atoms with Gasteiger partial charge in [-0.2, -0.15) is 0 Å². The highest BCUT2D eigenvalue weighted by molar-refractivity contribution is 5.92. The second kappa shape index (κ2) is 6.08. The van der Waals surface area contributed by atoms with Crippen LogP contribution in [-0.2, 0) is 4.79 Å². The van der Waals surface area contributed by atoms with Crippen LogP contribution >= 0.6 is 0 Å². The fourth-order valence-electron chi connectivity index (χ4n) is 2.13. The average Bonchev–Trinajstić information content (AvgIpc) is 2.34. The van der Waals surface area contributed by atoms with Crippen molar-refractivity contribution < 1.29 is 13.6 Å². The van der Waals surface area contributed by atoms with Gasteiger partial charge in [-0.3, -0.25) is 9.69 Å². The number of anilines is 1. The van der Waals surface area contributed by atoms with Crippen molar-refractivity contribution in [2.45, 2.75) is 13.0 Å². The van der Waals surface area contributed by atoms with Crippen molar-refractivity contribution >= 4 is 11.6 Å². The van der Waals surface area contributed by atoms with Gasteiger partial charge in [-0.1, -0.05) is 0 Å². The summed E-state index contributed by atoms with van der Waals surface area (Å²) in [6, 6.07) is 3.67. The largest absolute Gasteiger partial charge is 0.325 e. The van der Waals surface area contributed by atoms with Crippen molar-refractivity contribution in [2.75, 3.05) is 31.5 Å². The van der Waals surface area contributed by atoms with E-state index in [2.05, 4.69) is 17.6 Å². The topological polar surface area (TPSA) is 44.4 Å². The molecule has 1 heterocycles. The summed E-state index contributed by atoms with van der Waals surface area (Å²) in [6.45, 7) is 4.75. The fraction of sp³-hybridized carbons (Fsp3) is 0.462. The molecule has 0 aliphatic carbocycles. The first-order chi connectivity index (χ1) is 9.04. The summed E-state index contributed by atoms with van der Waals surface area (Å²) in [4.78, 5) is 13.8. The van der Waals surface area contributed by atoms with E-state index in [1.54, 1.807) is 0 Å². The van der Waals surface area contributed by atoms with E-state index >= 15 is 0 Å². The van der Waals surface area contributed by atoms with Gasteiger partial charge in [-0.25, -0.2) is 8.78 Å². The molecule has 0 aromatic heterocycles. The number of carbonyl (C=O) groups excluding carboxylic acids is 1. The van der Waals surface area contributed by atoms with Crippen molar-refractivity contribution in [3.63, 3.8) is 0 Å². The molecule has 1 fully saturated rings. The second-order valence-electron chi connectivity index (χ2n) is 4.77. The minimum Gasteiger partial charge on any atom is -0.325 e. The summed E-state index contributed by atoms with van der Waals surface area (Å²) < 4.78 is 25.7. The van der Waals surface area contributed by atoms with Crippen LogP contribution in [0, 0.1) is 11.6 Å². The van der Waals surface area contributed by atoms with Crippen LogP contribution < -0.4 is 10.6 Å². The quantitative estimate of drug-likeness (QED) is 0.866. The van der Waals surface area contributed by atoms with Crippen LogP contribution in [0.15, 0.2) is 18.2 Å². The molecule has 2 rings (SSSR count). The second-order valence-corrected chi connectivity index (χ2v) is 4.77. The van der Waals surface area contributed by atoms with E-state index in [0.29, 0.717) is 6.04 Å². The van der Waals surface area contributed by atoms with Crippen LogP contribution in [0.4, 0.5) is 14.5 Å². The van der Waals surface area contributed by atoms with Crippen molar-refractivity contribution in [1.82, 2.24) is 10.2 Å². The van der Waals surface area contributed by atoms with E-state index in [-0.39, 0.29) is 18.1 Å². The number of hydrogen-bond acceptors (Lipinski definition) is 3. The maximum atomic E-state index is 13.0. The minimum atomic E-state index is -0.964. The molecule has 0 unspecified atom stereocenters. The number of halogens is 2. The average molecular weight is 269 g/mol. The molecule has 19 heavy (non-hydrogen) atoms. The van der Waals surface area contributed by atoms with Gasteiger partial charge in [0.25, 0.3) is 0 Å². The van der Waals surface area contributed by atoms with Gasteiger partial charge < -0.3 is 10.6 Å². The van der Waals surface area contributed by atoms with Crippen molar-refractivity contribution in [2.24, 2.45) is 0 Å². The number of amides is 1. The summed E-state index contributed by atoms with van der Waals surface area (Å²) >= 11 is 0. The number of nitrogens with zero attached hydrogens (tertiary/aromatic N) is 1. The molecule has 1 aromatic carbocycles. The van der Waals surface area contributed by atoms with Gasteiger partial charge in [-0.15, -0.1) is 0 Å². The minimum absolute atomic E-state index is 0.222. The number of hydrogen-bond donors (Lipinski definition) is 2. The first kappa shape index (κ1) is 13.9. The molecular weight excluding hydrogens is 252 g/mol. The van der Waals surface area contributed by atoms with Gasteiger partial charge in [0.15, 0.2) is 11.6 Å². The van der Waals surface area contributed by atoms with Gasteiger partial charge in [0.2, 0.25) is 5.91 Å². The molecule has 0 spiro atoms. The van der Waals surface area contributed by atoms with E-state index in [1.807, 2.05) is 4.90 Å². The molecule has 4 nitrogen and oxygen atoms in total. The molecule has 1 amide bonds. The number of benzene rings is 1. The van der Waals surface area contributed by atoms with Crippen LogP contribution in [0.2, 0.25) is 0 Å². The number of piperazine rings is 1. The lowest BCUT2D eigenvalue weighted by molar-refractivity contribution is -0.117. The molecule has 1 saturated heterocycles.